The molecule has 1 atom stereocenters. The minimum absolute atomic E-state index is 0.0543. The van der Waals surface area contributed by atoms with Crippen LogP contribution in [0.3, 0.4) is 0 Å². The lowest BCUT2D eigenvalue weighted by molar-refractivity contribution is 0.0611. The maximum Gasteiger partial charge on any atom is 0.259 e. The molecule has 9 heteroatoms. The number of benzene rings is 1. The number of hydrogen-bond donors (Lipinski definition) is 1. The van der Waals surface area contributed by atoms with E-state index in [1.54, 1.807) is 6.20 Å². The van der Waals surface area contributed by atoms with Crippen molar-refractivity contribution in [2.24, 2.45) is 0 Å². The Morgan fingerprint density at radius 1 is 1.25 bits per heavy atom. The summed E-state index contributed by atoms with van der Waals surface area (Å²) in [7, 11) is 4.12. The molecule has 0 saturated carbocycles. The number of H-pyrrole nitrogens is 1. The second-order valence-corrected chi connectivity index (χ2v) is 7.38. The van der Waals surface area contributed by atoms with Crippen LogP contribution in [0.25, 0.3) is 5.82 Å². The van der Waals surface area contributed by atoms with E-state index in [9.17, 15) is 4.79 Å². The summed E-state index contributed by atoms with van der Waals surface area (Å²) in [5, 5.41) is 18.0. The minimum atomic E-state index is -0.0543. The Bertz CT molecular complexity index is 916. The van der Waals surface area contributed by atoms with E-state index in [1.165, 1.54) is 22.1 Å². The number of aromatic nitrogens is 6. The third-order valence-corrected chi connectivity index (χ3v) is 5.05. The van der Waals surface area contributed by atoms with Gasteiger partial charge in [0.1, 0.15) is 11.9 Å². The predicted molar refractivity (Wildman–Crippen MR) is 103 cm³/mol. The Morgan fingerprint density at radius 3 is 2.79 bits per heavy atom. The smallest absolute Gasteiger partial charge is 0.259 e. The van der Waals surface area contributed by atoms with E-state index in [1.807, 2.05) is 4.90 Å². The molecule has 3 aromatic rings. The van der Waals surface area contributed by atoms with Crippen molar-refractivity contribution in [3.05, 3.63) is 53.5 Å². The summed E-state index contributed by atoms with van der Waals surface area (Å²) in [6, 6.07) is 8.65. The van der Waals surface area contributed by atoms with Gasteiger partial charge in [-0.15, -0.1) is 5.10 Å². The molecule has 1 fully saturated rings. The molecule has 0 aliphatic carbocycles. The van der Waals surface area contributed by atoms with E-state index in [-0.39, 0.29) is 11.9 Å². The van der Waals surface area contributed by atoms with Crippen LogP contribution >= 0.6 is 0 Å². The van der Waals surface area contributed by atoms with Gasteiger partial charge in [0.05, 0.1) is 12.2 Å². The van der Waals surface area contributed by atoms with Crippen LogP contribution in [0.2, 0.25) is 0 Å². The van der Waals surface area contributed by atoms with Crippen LogP contribution in [0.4, 0.5) is 0 Å². The quantitative estimate of drug-likeness (QED) is 0.725. The number of nitrogens with one attached hydrogen (secondary N) is 1. The van der Waals surface area contributed by atoms with Crippen molar-refractivity contribution >= 4 is 5.91 Å². The maximum absolute atomic E-state index is 13.4. The van der Waals surface area contributed by atoms with Crippen molar-refractivity contribution in [3.8, 4) is 5.82 Å². The van der Waals surface area contributed by atoms with Gasteiger partial charge in [0.25, 0.3) is 5.91 Å². The first-order valence-corrected chi connectivity index (χ1v) is 9.45. The van der Waals surface area contributed by atoms with Gasteiger partial charge in [-0.3, -0.25) is 9.89 Å². The summed E-state index contributed by atoms with van der Waals surface area (Å²) in [5.41, 5.74) is 2.91. The highest BCUT2D eigenvalue weighted by Crippen LogP contribution is 2.33. The van der Waals surface area contributed by atoms with Crippen LogP contribution in [-0.4, -0.2) is 66.8 Å². The van der Waals surface area contributed by atoms with Gasteiger partial charge in [-0.1, -0.05) is 24.3 Å². The Morgan fingerprint density at radius 2 is 2.07 bits per heavy atom. The number of amides is 1. The van der Waals surface area contributed by atoms with E-state index >= 15 is 0 Å². The van der Waals surface area contributed by atoms with Gasteiger partial charge < -0.3 is 9.80 Å². The van der Waals surface area contributed by atoms with Crippen LogP contribution in [0, 0.1) is 0 Å². The largest absolute Gasteiger partial charge is 0.331 e. The van der Waals surface area contributed by atoms with Gasteiger partial charge in [0.15, 0.2) is 5.82 Å². The minimum Gasteiger partial charge on any atom is -0.331 e. The lowest BCUT2D eigenvalue weighted by atomic mass is 9.94. The van der Waals surface area contributed by atoms with Gasteiger partial charge in [0.2, 0.25) is 0 Å². The highest BCUT2D eigenvalue weighted by Gasteiger charge is 2.31. The molecule has 3 heterocycles. The van der Waals surface area contributed by atoms with E-state index < -0.39 is 0 Å². The molecule has 2 aromatic heterocycles. The first-order valence-electron chi connectivity index (χ1n) is 9.45. The molecule has 28 heavy (non-hydrogen) atoms. The summed E-state index contributed by atoms with van der Waals surface area (Å²) in [5.74, 6) is 0.432. The fraction of sp³-hybridized carbons (Fsp3) is 0.421. The number of carbonyl (C=O) groups excluding carboxylic acids is 1. The van der Waals surface area contributed by atoms with Gasteiger partial charge in [-0.05, 0) is 54.9 Å². The first kappa shape index (κ1) is 18.3. The average Bonchev–Trinajstić information content (AvgIpc) is 3.39. The number of nitrogens with zero attached hydrogens (tertiary/aromatic N) is 7. The number of hydrogen-bond acceptors (Lipinski definition) is 6. The molecule has 1 aliphatic heterocycles. The number of aromatic amines is 1. The molecular weight excluding hydrogens is 356 g/mol. The van der Waals surface area contributed by atoms with Crippen molar-refractivity contribution in [2.75, 3.05) is 20.6 Å². The molecule has 1 amide bonds. The summed E-state index contributed by atoms with van der Waals surface area (Å²) in [6.07, 6.45) is 6.06. The fourth-order valence-corrected chi connectivity index (χ4v) is 3.76. The molecule has 9 nitrogen and oxygen atoms in total. The van der Waals surface area contributed by atoms with Crippen molar-refractivity contribution in [3.63, 3.8) is 0 Å². The lowest BCUT2D eigenvalue weighted by Crippen LogP contribution is -2.38. The van der Waals surface area contributed by atoms with E-state index in [0.717, 1.165) is 32.4 Å². The van der Waals surface area contributed by atoms with Gasteiger partial charge >= 0.3 is 0 Å². The summed E-state index contributed by atoms with van der Waals surface area (Å²) in [6.45, 7) is 1.63. The van der Waals surface area contributed by atoms with Crippen LogP contribution in [0.15, 0.2) is 36.8 Å². The van der Waals surface area contributed by atoms with Crippen LogP contribution in [0.5, 0.6) is 0 Å². The third kappa shape index (κ3) is 3.65. The van der Waals surface area contributed by atoms with Gasteiger partial charge in [-0.25, -0.2) is 0 Å². The molecular formula is C19H24N8O. The normalized spacial score (nSPS) is 17.2. The molecule has 0 radical (unpaired) electrons. The molecule has 146 valence electrons. The fourth-order valence-electron chi connectivity index (χ4n) is 3.76. The zero-order chi connectivity index (χ0) is 19.5. The monoisotopic (exact) mass is 380 g/mol. The van der Waals surface area contributed by atoms with Crippen LogP contribution in [-0.2, 0) is 6.54 Å². The Labute approximate surface area is 163 Å². The van der Waals surface area contributed by atoms with Gasteiger partial charge in [0, 0.05) is 13.1 Å². The number of likely N-dealkylation sites (tertiary alicyclic amines) is 1. The molecule has 1 aliphatic rings. The number of rotatable bonds is 5. The summed E-state index contributed by atoms with van der Waals surface area (Å²) < 4.78 is 1.43. The topological polar surface area (TPSA) is 95.8 Å². The standard InChI is InChI=1S/C19H24N8O/c1-25(2)12-14-6-8-15(9-7-14)17-5-3-4-10-26(17)19(28)16-11-20-22-18(16)27-13-21-23-24-27/h6-9,11,13,17H,3-5,10,12H2,1-2H3,(H,20,22). The second kappa shape index (κ2) is 7.89. The average molecular weight is 380 g/mol. The van der Waals surface area contributed by atoms with Crippen LogP contribution in [0.1, 0.15) is 46.8 Å². The highest BCUT2D eigenvalue weighted by molar-refractivity contribution is 5.97. The maximum atomic E-state index is 13.4. The third-order valence-electron chi connectivity index (χ3n) is 5.05. The number of tetrazole rings is 1. The van der Waals surface area contributed by atoms with Crippen LogP contribution < -0.4 is 0 Å². The molecule has 1 unspecified atom stereocenters. The van der Waals surface area contributed by atoms with Gasteiger partial charge in [-0.2, -0.15) is 9.78 Å². The van der Waals surface area contributed by atoms with E-state index in [0.29, 0.717) is 11.4 Å². The lowest BCUT2D eigenvalue weighted by Gasteiger charge is -2.36. The molecule has 0 bridgehead atoms. The zero-order valence-electron chi connectivity index (χ0n) is 16.1. The Kier molecular flexibility index (Phi) is 5.16. The summed E-state index contributed by atoms with van der Waals surface area (Å²) in [4.78, 5) is 17.4. The van der Waals surface area contributed by atoms with Crippen molar-refractivity contribution in [1.82, 2.24) is 40.2 Å². The van der Waals surface area contributed by atoms with E-state index in [4.69, 9.17) is 0 Å². The van der Waals surface area contributed by atoms with Crippen molar-refractivity contribution in [1.29, 1.82) is 0 Å². The molecule has 4 rings (SSSR count). The Balaban J connectivity index is 1.59. The molecule has 1 saturated heterocycles. The Hall–Kier alpha value is -3.07. The summed E-state index contributed by atoms with van der Waals surface area (Å²) >= 11 is 0. The van der Waals surface area contributed by atoms with E-state index in [2.05, 4.69) is 69.0 Å². The second-order valence-electron chi connectivity index (χ2n) is 7.38. The number of piperidine rings is 1. The first-order chi connectivity index (χ1) is 13.6. The zero-order valence-corrected chi connectivity index (χ0v) is 16.1. The predicted octanol–water partition coefficient (Wildman–Crippen LogP) is 1.81. The van der Waals surface area contributed by atoms with Crippen molar-refractivity contribution in [2.45, 2.75) is 31.8 Å². The number of carbonyl (C=O) groups is 1. The molecule has 1 aromatic carbocycles. The molecule has 1 N–H and O–H groups in total. The molecule has 0 spiro atoms. The SMILES string of the molecule is CN(C)Cc1ccc(C2CCCCN2C(=O)c2cn[nH]c2-n2cnnn2)cc1. The van der Waals surface area contributed by atoms with Crippen molar-refractivity contribution < 1.29 is 4.79 Å². The highest BCUT2D eigenvalue weighted by atomic mass is 16.2.